The highest BCUT2D eigenvalue weighted by Gasteiger charge is 2.30. The maximum Gasteiger partial charge on any atom is 0.261 e. The predicted molar refractivity (Wildman–Crippen MR) is 135 cm³/mol. The zero-order valence-corrected chi connectivity index (χ0v) is 20.3. The van der Waals surface area contributed by atoms with Crippen LogP contribution in [0.25, 0.3) is 32.1 Å². The van der Waals surface area contributed by atoms with E-state index < -0.39 is 5.91 Å². The number of anilines is 1. The molecule has 1 amide bonds. The van der Waals surface area contributed by atoms with Gasteiger partial charge in [0.1, 0.15) is 15.5 Å². The van der Waals surface area contributed by atoms with Gasteiger partial charge in [-0.15, -0.1) is 22.7 Å². The smallest absolute Gasteiger partial charge is 0.261 e. The van der Waals surface area contributed by atoms with Gasteiger partial charge in [-0.2, -0.15) is 4.98 Å². The number of rotatable bonds is 6. The molecule has 0 bridgehead atoms. The normalized spacial score (nSPS) is 13.4. The van der Waals surface area contributed by atoms with Crippen molar-refractivity contribution in [2.24, 2.45) is 5.73 Å². The fraction of sp³-hybridized carbons (Fsp3) is 0.167. The molecule has 0 fully saturated rings. The molecule has 1 aliphatic heterocycles. The van der Waals surface area contributed by atoms with Crippen LogP contribution in [0, 0.1) is 0 Å². The number of pyridine rings is 1. The summed E-state index contributed by atoms with van der Waals surface area (Å²) >= 11 is 2.87. The van der Waals surface area contributed by atoms with Crippen LogP contribution in [0.4, 0.5) is 5.69 Å². The second-order valence-electron chi connectivity index (χ2n) is 8.14. The molecule has 4 N–H and O–H groups in total. The summed E-state index contributed by atoms with van der Waals surface area (Å²) in [4.78, 5) is 25.7. The first-order valence-electron chi connectivity index (χ1n) is 10.8. The number of methoxy groups -OCH3 is 1. The Morgan fingerprint density at radius 1 is 1.20 bits per heavy atom. The van der Waals surface area contributed by atoms with Crippen LogP contribution in [0.3, 0.4) is 0 Å². The highest BCUT2D eigenvalue weighted by Crippen LogP contribution is 2.45. The van der Waals surface area contributed by atoms with E-state index in [0.29, 0.717) is 47.7 Å². The lowest BCUT2D eigenvalue weighted by molar-refractivity contribution is 0.100. The van der Waals surface area contributed by atoms with E-state index in [4.69, 9.17) is 25.7 Å². The van der Waals surface area contributed by atoms with Crippen molar-refractivity contribution >= 4 is 44.5 Å². The van der Waals surface area contributed by atoms with Crippen LogP contribution in [0.5, 0.6) is 5.75 Å². The van der Waals surface area contributed by atoms with E-state index in [1.54, 1.807) is 18.4 Å². The quantitative estimate of drug-likeness (QED) is 0.350. The van der Waals surface area contributed by atoms with Gasteiger partial charge in [0.2, 0.25) is 0 Å². The van der Waals surface area contributed by atoms with Crippen molar-refractivity contribution in [2.45, 2.75) is 19.6 Å². The highest BCUT2D eigenvalue weighted by molar-refractivity contribution is 7.21. The van der Waals surface area contributed by atoms with Crippen molar-refractivity contribution in [2.75, 3.05) is 12.8 Å². The SMILES string of the molecule is COc1ccccc1-c1nc(CN2Cc3nc4sc(C(N)=O)c(N)c4c(-c4cccs4)c3C2)no1. The lowest BCUT2D eigenvalue weighted by Crippen LogP contribution is -2.16. The van der Waals surface area contributed by atoms with Gasteiger partial charge in [0.15, 0.2) is 5.82 Å². The first-order valence-corrected chi connectivity index (χ1v) is 12.5. The van der Waals surface area contributed by atoms with Gasteiger partial charge in [-0.3, -0.25) is 9.69 Å². The molecule has 0 radical (unpaired) electrons. The number of carbonyl (C=O) groups is 1. The summed E-state index contributed by atoms with van der Waals surface area (Å²) in [5, 5.41) is 7.01. The van der Waals surface area contributed by atoms with Crippen LogP contribution >= 0.6 is 22.7 Å². The zero-order valence-electron chi connectivity index (χ0n) is 18.6. The number of ether oxygens (including phenoxy) is 1. The number of nitrogen functional groups attached to an aromatic ring is 1. The van der Waals surface area contributed by atoms with Gasteiger partial charge < -0.3 is 20.7 Å². The third-order valence-electron chi connectivity index (χ3n) is 5.98. The molecular weight excluding hydrogens is 484 g/mol. The van der Waals surface area contributed by atoms with Gasteiger partial charge in [-0.05, 0) is 29.1 Å². The number of para-hydroxylation sites is 1. The van der Waals surface area contributed by atoms with Crippen molar-refractivity contribution in [1.29, 1.82) is 0 Å². The van der Waals surface area contributed by atoms with Crippen LogP contribution in [0.1, 0.15) is 26.8 Å². The lowest BCUT2D eigenvalue weighted by atomic mass is 10.0. The van der Waals surface area contributed by atoms with Crippen molar-refractivity contribution in [3.63, 3.8) is 0 Å². The van der Waals surface area contributed by atoms with Gasteiger partial charge in [-0.25, -0.2) is 4.98 Å². The molecule has 1 aromatic carbocycles. The maximum atomic E-state index is 11.9. The summed E-state index contributed by atoms with van der Waals surface area (Å²) < 4.78 is 10.9. The maximum absolute atomic E-state index is 11.9. The number of amides is 1. The average molecular weight is 505 g/mol. The van der Waals surface area contributed by atoms with E-state index in [0.717, 1.165) is 37.5 Å². The molecule has 5 aromatic rings. The van der Waals surface area contributed by atoms with Crippen LogP contribution in [-0.4, -0.2) is 33.0 Å². The molecule has 4 aromatic heterocycles. The first kappa shape index (κ1) is 21.7. The molecular formula is C24H20N6O3S2. The van der Waals surface area contributed by atoms with Crippen molar-refractivity contribution < 1.29 is 14.1 Å². The van der Waals surface area contributed by atoms with E-state index in [1.165, 1.54) is 11.3 Å². The fourth-order valence-corrected chi connectivity index (χ4v) is 6.25. The van der Waals surface area contributed by atoms with Gasteiger partial charge in [0, 0.05) is 28.9 Å². The Kier molecular flexibility index (Phi) is 5.24. The fourth-order valence-electron chi connectivity index (χ4n) is 4.47. The average Bonchev–Trinajstić information content (AvgIpc) is 3.65. The number of nitrogens with two attached hydrogens (primary N) is 2. The summed E-state index contributed by atoms with van der Waals surface area (Å²) in [6, 6.07) is 11.6. The molecule has 5 heterocycles. The summed E-state index contributed by atoms with van der Waals surface area (Å²) in [6.07, 6.45) is 0. The van der Waals surface area contributed by atoms with E-state index >= 15 is 0 Å². The Hall–Kier alpha value is -3.80. The molecule has 1 aliphatic rings. The predicted octanol–water partition coefficient (Wildman–Crippen LogP) is 4.28. The highest BCUT2D eigenvalue weighted by atomic mass is 32.1. The van der Waals surface area contributed by atoms with E-state index in [1.807, 2.05) is 35.7 Å². The van der Waals surface area contributed by atoms with Crippen LogP contribution in [0.15, 0.2) is 46.3 Å². The topological polar surface area (TPSA) is 133 Å². The summed E-state index contributed by atoms with van der Waals surface area (Å²) in [6.45, 7) is 1.76. The third kappa shape index (κ3) is 3.64. The van der Waals surface area contributed by atoms with Crippen molar-refractivity contribution in [1.82, 2.24) is 20.0 Å². The molecule has 9 nitrogen and oxygen atoms in total. The summed E-state index contributed by atoms with van der Waals surface area (Å²) in [5.41, 5.74) is 16.2. The minimum Gasteiger partial charge on any atom is -0.496 e. The zero-order chi connectivity index (χ0) is 24.1. The van der Waals surface area contributed by atoms with Crippen molar-refractivity contribution in [3.05, 3.63) is 63.7 Å². The van der Waals surface area contributed by atoms with Crippen LogP contribution < -0.4 is 16.2 Å². The minimum atomic E-state index is -0.535. The standard InChI is InChI=1S/C24H20N6O3S2/c1-32-15-6-3-2-5-12(15)23-28-17(29-33-23)11-30-9-13-14(10-30)27-24-19(18(13)16-7-4-8-34-16)20(25)21(35-24)22(26)31/h2-8H,9-11,25H2,1H3,(H2,26,31). The number of benzene rings is 1. The molecule has 0 spiro atoms. The van der Waals surface area contributed by atoms with E-state index in [-0.39, 0.29) is 0 Å². The second-order valence-corrected chi connectivity index (χ2v) is 10.1. The molecule has 11 heteroatoms. The molecule has 35 heavy (non-hydrogen) atoms. The Bertz CT molecular complexity index is 1570. The molecule has 0 atom stereocenters. The van der Waals surface area contributed by atoms with Gasteiger partial charge in [0.25, 0.3) is 11.8 Å². The number of primary amides is 1. The number of fused-ring (bicyclic) bond motifs is 2. The molecule has 0 aliphatic carbocycles. The molecule has 176 valence electrons. The largest absolute Gasteiger partial charge is 0.496 e. The lowest BCUT2D eigenvalue weighted by Gasteiger charge is -2.12. The third-order valence-corrected chi connectivity index (χ3v) is 7.98. The van der Waals surface area contributed by atoms with Gasteiger partial charge in [0.05, 0.1) is 30.6 Å². The first-order chi connectivity index (χ1) is 17.0. The Balaban J connectivity index is 1.35. The number of thiophene rings is 2. The monoisotopic (exact) mass is 504 g/mol. The number of aromatic nitrogens is 3. The van der Waals surface area contributed by atoms with Gasteiger partial charge >= 0.3 is 0 Å². The van der Waals surface area contributed by atoms with Gasteiger partial charge in [-0.1, -0.05) is 23.4 Å². The molecule has 0 unspecified atom stereocenters. The van der Waals surface area contributed by atoms with E-state index in [9.17, 15) is 4.79 Å². The Labute approximate surface area is 208 Å². The summed E-state index contributed by atoms with van der Waals surface area (Å²) in [5.74, 6) is 1.13. The molecule has 6 rings (SSSR count). The molecule has 0 saturated carbocycles. The van der Waals surface area contributed by atoms with E-state index in [2.05, 4.69) is 21.1 Å². The van der Waals surface area contributed by atoms with Crippen LogP contribution in [-0.2, 0) is 19.6 Å². The molecule has 0 saturated heterocycles. The van der Waals surface area contributed by atoms with Crippen molar-refractivity contribution in [3.8, 4) is 27.6 Å². The number of hydrogen-bond donors (Lipinski definition) is 2. The summed E-state index contributed by atoms with van der Waals surface area (Å²) in [7, 11) is 1.61. The Morgan fingerprint density at radius 2 is 2.06 bits per heavy atom. The number of carbonyl (C=O) groups excluding carboxylic acids is 1. The Morgan fingerprint density at radius 3 is 2.83 bits per heavy atom. The number of hydrogen-bond acceptors (Lipinski definition) is 10. The minimum absolute atomic E-state index is 0.349. The second kappa shape index (κ2) is 8.45. The number of nitrogens with zero attached hydrogens (tertiary/aromatic N) is 4. The van der Waals surface area contributed by atoms with Crippen LogP contribution in [0.2, 0.25) is 0 Å².